The Labute approximate surface area is 127 Å². The Morgan fingerprint density at radius 3 is 1.62 bits per heavy atom. The maximum absolute atomic E-state index is 11.9. The van der Waals surface area contributed by atoms with Crippen molar-refractivity contribution in [3.8, 4) is 0 Å². The monoisotopic (exact) mass is 341 g/mol. The molecule has 21 heavy (non-hydrogen) atoms. The number of hydrogen-bond acceptors (Lipinski definition) is 5. The summed E-state index contributed by atoms with van der Waals surface area (Å²) in [4.78, 5) is 23.4. The van der Waals surface area contributed by atoms with Crippen LogP contribution in [0.4, 0.5) is 0 Å². The fourth-order valence-corrected chi connectivity index (χ4v) is 4.71. The Morgan fingerprint density at radius 2 is 1.33 bits per heavy atom. The lowest BCUT2D eigenvalue weighted by Gasteiger charge is -2.31. The van der Waals surface area contributed by atoms with Crippen molar-refractivity contribution in [2.24, 2.45) is 5.73 Å². The van der Waals surface area contributed by atoms with Gasteiger partial charge in [-0.2, -0.15) is 0 Å². The van der Waals surface area contributed by atoms with Gasteiger partial charge < -0.3 is 15.5 Å². The van der Waals surface area contributed by atoms with Gasteiger partial charge in [-0.25, -0.2) is 0 Å². The van der Waals surface area contributed by atoms with Gasteiger partial charge in [0, 0.05) is 44.0 Å². The second-order valence-electron chi connectivity index (χ2n) is 6.37. The molecule has 2 unspecified atom stereocenters. The zero-order valence-corrected chi connectivity index (χ0v) is 15.0. The average molecular weight is 341 g/mol. The fraction of sp³-hybridized carbons (Fsp3) is 1.00. The van der Waals surface area contributed by atoms with Gasteiger partial charge in [0.15, 0.2) is 0 Å². The van der Waals surface area contributed by atoms with Crippen LogP contribution in [0, 0.1) is 0 Å². The molecule has 4 N–H and O–H groups in total. The maximum Gasteiger partial charge on any atom is 0.213 e. The van der Waals surface area contributed by atoms with Crippen molar-refractivity contribution >= 4 is 14.7 Å². The Hall–Kier alpha value is 0.260. The molecule has 0 aromatic heterocycles. The molecule has 1 rings (SSSR count). The molecule has 0 saturated carbocycles. The van der Waals surface area contributed by atoms with E-state index in [1.54, 1.807) is 13.8 Å². The van der Waals surface area contributed by atoms with E-state index in [1.807, 2.05) is 16.7 Å². The molecule has 0 aliphatic carbocycles. The summed E-state index contributed by atoms with van der Waals surface area (Å²) < 4.78 is 23.8. The van der Waals surface area contributed by atoms with Crippen molar-refractivity contribution in [3.05, 3.63) is 0 Å². The first kappa shape index (κ1) is 19.3. The van der Waals surface area contributed by atoms with Crippen molar-refractivity contribution in [1.29, 1.82) is 0 Å². The molecular formula is C12H29N3O4P2. The molecule has 1 aliphatic heterocycles. The second-order valence-corrected chi connectivity index (χ2v) is 11.6. The van der Waals surface area contributed by atoms with Crippen LogP contribution in [-0.4, -0.2) is 76.2 Å². The predicted molar refractivity (Wildman–Crippen MR) is 86.2 cm³/mol. The Kier molecular flexibility index (Phi) is 6.64. The summed E-state index contributed by atoms with van der Waals surface area (Å²) in [7, 11) is -6.27. The molecule has 0 aromatic rings. The molecule has 0 aromatic carbocycles. The minimum absolute atomic E-state index is 0.134. The van der Waals surface area contributed by atoms with Gasteiger partial charge in [-0.05, 0) is 6.92 Å². The SMILES string of the molecule is CCP(=O)(O)CN1CCN(CP(=O)(O)CC)CC(C)(N)C1. The van der Waals surface area contributed by atoms with E-state index in [4.69, 9.17) is 5.73 Å². The molecule has 126 valence electrons. The number of nitrogens with zero attached hydrogens (tertiary/aromatic N) is 2. The Balaban J connectivity index is 2.74. The third-order valence-corrected chi connectivity index (χ3v) is 7.39. The highest BCUT2D eigenvalue weighted by atomic mass is 31.2. The summed E-state index contributed by atoms with van der Waals surface area (Å²) in [6.07, 6.45) is 0.760. The number of rotatable bonds is 6. The lowest BCUT2D eigenvalue weighted by molar-refractivity contribution is 0.258. The van der Waals surface area contributed by atoms with Crippen molar-refractivity contribution < 1.29 is 18.9 Å². The molecule has 0 radical (unpaired) electrons. The zero-order chi connectivity index (χ0) is 16.3. The van der Waals surface area contributed by atoms with Crippen LogP contribution in [0.3, 0.4) is 0 Å². The summed E-state index contributed by atoms with van der Waals surface area (Å²) in [5.74, 6) is 0. The lowest BCUT2D eigenvalue weighted by Crippen LogP contribution is -2.52. The maximum atomic E-state index is 11.9. The van der Waals surface area contributed by atoms with Gasteiger partial charge in [-0.15, -0.1) is 0 Å². The normalized spacial score (nSPS) is 31.3. The molecule has 2 atom stereocenters. The van der Waals surface area contributed by atoms with Crippen molar-refractivity contribution in [3.63, 3.8) is 0 Å². The van der Waals surface area contributed by atoms with Gasteiger partial charge in [0.1, 0.15) is 0 Å². The van der Waals surface area contributed by atoms with Crippen LogP contribution >= 0.6 is 14.7 Å². The smallest absolute Gasteiger partial charge is 0.213 e. The first-order valence-electron chi connectivity index (χ1n) is 7.34. The molecule has 0 bridgehead atoms. The molecule has 0 amide bonds. The van der Waals surface area contributed by atoms with Crippen LogP contribution in [0.25, 0.3) is 0 Å². The minimum Gasteiger partial charge on any atom is -0.343 e. The van der Waals surface area contributed by atoms with E-state index in [0.717, 1.165) is 0 Å². The van der Waals surface area contributed by atoms with Gasteiger partial charge in [0.25, 0.3) is 0 Å². The highest BCUT2D eigenvalue weighted by Gasteiger charge is 2.33. The molecule has 1 heterocycles. The van der Waals surface area contributed by atoms with E-state index < -0.39 is 20.3 Å². The van der Waals surface area contributed by atoms with Crippen molar-refractivity contribution in [2.45, 2.75) is 26.3 Å². The van der Waals surface area contributed by atoms with Crippen molar-refractivity contribution in [1.82, 2.24) is 9.80 Å². The molecule has 9 heteroatoms. The van der Waals surface area contributed by atoms with Gasteiger partial charge >= 0.3 is 0 Å². The topological polar surface area (TPSA) is 107 Å². The first-order valence-corrected chi connectivity index (χ1v) is 11.4. The summed E-state index contributed by atoms with van der Waals surface area (Å²) in [6.45, 7) is 7.47. The molecule has 1 fully saturated rings. The van der Waals surface area contributed by atoms with E-state index >= 15 is 0 Å². The summed E-state index contributed by atoms with van der Waals surface area (Å²) >= 11 is 0. The predicted octanol–water partition coefficient (Wildman–Crippen LogP) is 0.817. The second kappa shape index (κ2) is 7.22. The average Bonchev–Trinajstić information content (AvgIpc) is 2.46. The summed E-state index contributed by atoms with van der Waals surface area (Å²) in [6, 6.07) is 0. The lowest BCUT2D eigenvalue weighted by atomic mass is 10.0. The largest absolute Gasteiger partial charge is 0.343 e. The van der Waals surface area contributed by atoms with Crippen LogP contribution in [0.5, 0.6) is 0 Å². The van der Waals surface area contributed by atoms with Crippen molar-refractivity contribution in [2.75, 3.05) is 51.1 Å². The van der Waals surface area contributed by atoms with Gasteiger partial charge in [-0.3, -0.25) is 18.9 Å². The highest BCUT2D eigenvalue weighted by molar-refractivity contribution is 7.58. The standard InChI is InChI=1S/C12H29N3O4P2/c1-4-20(16,17)10-14-6-7-15(9-12(3,13)8-14)11-21(18,19)5-2/h4-11,13H2,1-3H3,(H,16,17)(H,18,19). The zero-order valence-electron chi connectivity index (χ0n) is 13.2. The van der Waals surface area contributed by atoms with Crippen LogP contribution < -0.4 is 5.73 Å². The van der Waals surface area contributed by atoms with E-state index in [9.17, 15) is 18.9 Å². The van der Waals surface area contributed by atoms with Crippen LogP contribution in [0.2, 0.25) is 0 Å². The van der Waals surface area contributed by atoms with Gasteiger partial charge in [0.2, 0.25) is 14.7 Å². The number of nitrogens with two attached hydrogens (primary N) is 1. The molecule has 1 aliphatic rings. The third kappa shape index (κ3) is 6.91. The van der Waals surface area contributed by atoms with Crippen LogP contribution in [0.1, 0.15) is 20.8 Å². The van der Waals surface area contributed by atoms with Gasteiger partial charge in [-0.1, -0.05) is 13.8 Å². The van der Waals surface area contributed by atoms with E-state index in [2.05, 4.69) is 0 Å². The molecule has 1 saturated heterocycles. The fourth-order valence-electron chi connectivity index (χ4n) is 2.58. The van der Waals surface area contributed by atoms with E-state index in [0.29, 0.717) is 26.2 Å². The number of hydrogen-bond donors (Lipinski definition) is 3. The third-order valence-electron chi connectivity index (χ3n) is 3.73. The molecule has 0 spiro atoms. The van der Waals surface area contributed by atoms with Crippen LogP contribution in [0.15, 0.2) is 0 Å². The highest BCUT2D eigenvalue weighted by Crippen LogP contribution is 2.42. The first-order chi connectivity index (χ1) is 9.49. The van der Waals surface area contributed by atoms with E-state index in [-0.39, 0.29) is 24.9 Å². The molecular weight excluding hydrogens is 312 g/mol. The van der Waals surface area contributed by atoms with Crippen LogP contribution in [-0.2, 0) is 9.13 Å². The summed E-state index contributed by atoms with van der Waals surface area (Å²) in [5.41, 5.74) is 5.68. The Bertz CT molecular complexity index is 406. The minimum atomic E-state index is -3.14. The Morgan fingerprint density at radius 1 is 1.00 bits per heavy atom. The van der Waals surface area contributed by atoms with E-state index in [1.165, 1.54) is 0 Å². The quantitative estimate of drug-likeness (QED) is 0.614. The van der Waals surface area contributed by atoms with Gasteiger partial charge in [0.05, 0.1) is 12.6 Å². The summed E-state index contributed by atoms with van der Waals surface area (Å²) in [5, 5.41) is 0. The molecule has 7 nitrogen and oxygen atoms in total.